The molecule has 1 unspecified atom stereocenters. The van der Waals surface area contributed by atoms with Crippen LogP contribution in [0.3, 0.4) is 0 Å². The second kappa shape index (κ2) is 5.01. The summed E-state index contributed by atoms with van der Waals surface area (Å²) in [5.74, 6) is -0.552. The first-order chi connectivity index (χ1) is 8.93. The number of hydrogen-bond donors (Lipinski definition) is 1. The van der Waals surface area contributed by atoms with Gasteiger partial charge in [-0.25, -0.2) is 12.8 Å². The molecule has 0 saturated heterocycles. The summed E-state index contributed by atoms with van der Waals surface area (Å²) >= 11 is 0. The molecule has 19 heavy (non-hydrogen) atoms. The molecule has 0 bridgehead atoms. The summed E-state index contributed by atoms with van der Waals surface area (Å²) < 4.78 is 37.9. The first kappa shape index (κ1) is 13.5. The van der Waals surface area contributed by atoms with Crippen molar-refractivity contribution in [2.24, 2.45) is 0 Å². The van der Waals surface area contributed by atoms with Crippen LogP contribution in [-0.4, -0.2) is 8.42 Å². The van der Waals surface area contributed by atoms with Crippen molar-refractivity contribution in [1.82, 2.24) is 0 Å². The van der Waals surface area contributed by atoms with Crippen molar-refractivity contribution < 1.29 is 12.8 Å². The van der Waals surface area contributed by atoms with Gasteiger partial charge in [0.2, 0.25) is 0 Å². The van der Waals surface area contributed by atoms with Crippen LogP contribution in [0.5, 0.6) is 0 Å². The molecular formula is C14H14FNO2S. The Morgan fingerprint density at radius 1 is 1.11 bits per heavy atom. The van der Waals surface area contributed by atoms with Gasteiger partial charge in [-0.2, -0.15) is 0 Å². The lowest BCUT2D eigenvalue weighted by Crippen LogP contribution is -2.12. The van der Waals surface area contributed by atoms with Gasteiger partial charge < -0.3 is 5.73 Å². The van der Waals surface area contributed by atoms with Crippen LogP contribution in [-0.2, 0) is 9.84 Å². The zero-order valence-electron chi connectivity index (χ0n) is 10.4. The molecule has 0 spiro atoms. The minimum atomic E-state index is -3.63. The van der Waals surface area contributed by atoms with E-state index >= 15 is 0 Å². The van der Waals surface area contributed by atoms with E-state index in [0.29, 0.717) is 5.56 Å². The Hall–Kier alpha value is -1.88. The largest absolute Gasteiger partial charge is 0.398 e. The average molecular weight is 279 g/mol. The van der Waals surface area contributed by atoms with Gasteiger partial charge in [-0.1, -0.05) is 30.3 Å². The molecule has 2 rings (SSSR count). The molecule has 0 aliphatic carbocycles. The number of halogens is 1. The van der Waals surface area contributed by atoms with E-state index in [2.05, 4.69) is 0 Å². The van der Waals surface area contributed by atoms with Crippen LogP contribution in [0.2, 0.25) is 0 Å². The van der Waals surface area contributed by atoms with Crippen molar-refractivity contribution in [3.63, 3.8) is 0 Å². The monoisotopic (exact) mass is 279 g/mol. The van der Waals surface area contributed by atoms with E-state index in [0.717, 1.165) is 12.1 Å². The van der Waals surface area contributed by atoms with Crippen molar-refractivity contribution in [1.29, 1.82) is 0 Å². The lowest BCUT2D eigenvalue weighted by atomic mass is 10.2. The number of anilines is 1. The van der Waals surface area contributed by atoms with Crippen LogP contribution in [0.1, 0.15) is 17.7 Å². The molecule has 3 nitrogen and oxygen atoms in total. The fourth-order valence-electron chi connectivity index (χ4n) is 1.87. The van der Waals surface area contributed by atoms with E-state index in [1.165, 1.54) is 6.07 Å². The summed E-state index contributed by atoms with van der Waals surface area (Å²) in [7, 11) is -3.63. The highest BCUT2D eigenvalue weighted by atomic mass is 32.2. The predicted octanol–water partition coefficient (Wildman–Crippen LogP) is 2.94. The summed E-state index contributed by atoms with van der Waals surface area (Å²) in [6.07, 6.45) is 0. The second-order valence-electron chi connectivity index (χ2n) is 4.28. The minimum absolute atomic E-state index is 0.0368. The van der Waals surface area contributed by atoms with Gasteiger partial charge in [0.25, 0.3) is 0 Å². The Bertz CT molecular complexity index is 684. The maximum absolute atomic E-state index is 13.0. The molecule has 0 aliphatic heterocycles. The van der Waals surface area contributed by atoms with Crippen LogP contribution in [0.4, 0.5) is 10.1 Å². The molecule has 0 aliphatic rings. The van der Waals surface area contributed by atoms with Gasteiger partial charge in [0.15, 0.2) is 9.84 Å². The molecule has 2 aromatic rings. The minimum Gasteiger partial charge on any atom is -0.398 e. The molecule has 5 heteroatoms. The molecule has 2 aromatic carbocycles. The third-order valence-corrected chi connectivity index (χ3v) is 5.20. The van der Waals surface area contributed by atoms with E-state index in [1.807, 2.05) is 6.07 Å². The molecule has 0 fully saturated rings. The maximum atomic E-state index is 13.0. The molecule has 1 atom stereocenters. The van der Waals surface area contributed by atoms with E-state index < -0.39 is 20.9 Å². The summed E-state index contributed by atoms with van der Waals surface area (Å²) in [5, 5.41) is -0.735. The first-order valence-corrected chi connectivity index (χ1v) is 7.31. The van der Waals surface area contributed by atoms with Crippen LogP contribution in [0.25, 0.3) is 0 Å². The zero-order chi connectivity index (χ0) is 14.0. The predicted molar refractivity (Wildman–Crippen MR) is 72.9 cm³/mol. The van der Waals surface area contributed by atoms with Gasteiger partial charge in [-0.15, -0.1) is 0 Å². The number of nitrogen functional groups attached to an aromatic ring is 1. The van der Waals surface area contributed by atoms with Gasteiger partial charge in [0, 0.05) is 0 Å². The Morgan fingerprint density at radius 3 is 2.32 bits per heavy atom. The van der Waals surface area contributed by atoms with Crippen LogP contribution in [0.15, 0.2) is 53.4 Å². The summed E-state index contributed by atoms with van der Waals surface area (Å²) in [4.78, 5) is -0.0368. The van der Waals surface area contributed by atoms with E-state index in [9.17, 15) is 12.8 Å². The summed E-state index contributed by atoms with van der Waals surface area (Å²) in [5.41, 5.74) is 6.21. The van der Waals surface area contributed by atoms with Crippen molar-refractivity contribution in [3.05, 3.63) is 59.9 Å². The van der Waals surface area contributed by atoms with Crippen LogP contribution < -0.4 is 5.73 Å². The Labute approximate surface area is 111 Å². The number of hydrogen-bond acceptors (Lipinski definition) is 3. The molecule has 0 radical (unpaired) electrons. The SMILES string of the molecule is CC(c1ccccc1)S(=O)(=O)c1ccc(F)cc1N. The van der Waals surface area contributed by atoms with Crippen LogP contribution in [0, 0.1) is 5.82 Å². The third-order valence-electron chi connectivity index (χ3n) is 3.01. The van der Waals surface area contributed by atoms with Crippen molar-refractivity contribution in [2.45, 2.75) is 17.1 Å². The van der Waals surface area contributed by atoms with E-state index in [1.54, 1.807) is 31.2 Å². The second-order valence-corrected chi connectivity index (χ2v) is 6.52. The summed E-state index contributed by atoms with van der Waals surface area (Å²) in [6, 6.07) is 12.2. The molecule has 0 heterocycles. The van der Waals surface area contributed by atoms with Gasteiger partial charge in [-0.05, 0) is 30.7 Å². The third kappa shape index (κ3) is 2.61. The maximum Gasteiger partial charge on any atom is 0.187 e. The molecule has 100 valence electrons. The molecule has 0 saturated carbocycles. The molecule has 2 N–H and O–H groups in total. The van der Waals surface area contributed by atoms with Crippen LogP contribution >= 0.6 is 0 Å². The number of nitrogens with two attached hydrogens (primary N) is 1. The highest BCUT2D eigenvalue weighted by Crippen LogP contribution is 2.31. The topological polar surface area (TPSA) is 60.2 Å². The molecule has 0 aromatic heterocycles. The Morgan fingerprint density at radius 2 is 1.74 bits per heavy atom. The molecular weight excluding hydrogens is 265 g/mol. The van der Waals surface area contributed by atoms with Crippen molar-refractivity contribution in [2.75, 3.05) is 5.73 Å². The van der Waals surface area contributed by atoms with E-state index in [4.69, 9.17) is 5.73 Å². The standard InChI is InChI=1S/C14H14FNO2S/c1-10(11-5-3-2-4-6-11)19(17,18)14-8-7-12(15)9-13(14)16/h2-10H,16H2,1H3. The normalized spacial score (nSPS) is 13.2. The summed E-state index contributed by atoms with van der Waals surface area (Å²) in [6.45, 7) is 1.59. The highest BCUT2D eigenvalue weighted by molar-refractivity contribution is 7.91. The van der Waals surface area contributed by atoms with Crippen molar-refractivity contribution in [3.8, 4) is 0 Å². The van der Waals surface area contributed by atoms with Gasteiger partial charge in [0.1, 0.15) is 5.82 Å². The quantitative estimate of drug-likeness (QED) is 0.694. The number of benzene rings is 2. The van der Waals surface area contributed by atoms with Gasteiger partial charge >= 0.3 is 0 Å². The number of sulfone groups is 1. The highest BCUT2D eigenvalue weighted by Gasteiger charge is 2.26. The number of rotatable bonds is 3. The van der Waals surface area contributed by atoms with Crippen molar-refractivity contribution >= 4 is 15.5 Å². The Balaban J connectivity index is 2.48. The van der Waals surface area contributed by atoms with Gasteiger partial charge in [-0.3, -0.25) is 0 Å². The van der Waals surface area contributed by atoms with E-state index in [-0.39, 0.29) is 10.6 Å². The fraction of sp³-hybridized carbons (Fsp3) is 0.143. The first-order valence-electron chi connectivity index (χ1n) is 5.77. The smallest absolute Gasteiger partial charge is 0.187 e. The zero-order valence-corrected chi connectivity index (χ0v) is 11.2. The lowest BCUT2D eigenvalue weighted by molar-refractivity contribution is 0.585. The average Bonchev–Trinajstić information content (AvgIpc) is 2.38. The molecule has 0 amide bonds. The Kier molecular flexibility index (Phi) is 3.57. The lowest BCUT2D eigenvalue weighted by Gasteiger charge is -2.15. The van der Waals surface area contributed by atoms with Gasteiger partial charge in [0.05, 0.1) is 15.8 Å². The fourth-order valence-corrected chi connectivity index (χ4v) is 3.41.